The van der Waals surface area contributed by atoms with Crippen LogP contribution in [0, 0.1) is 0 Å². The number of phenolic OH excluding ortho intramolecular Hbond substituents is 1. The van der Waals surface area contributed by atoms with Crippen LogP contribution < -0.4 is 4.74 Å². The zero-order chi connectivity index (χ0) is 13.9. The Bertz CT molecular complexity index is 727. The molecule has 0 aliphatic rings. The summed E-state index contributed by atoms with van der Waals surface area (Å²) in [4.78, 5) is 12.2. The lowest BCUT2D eigenvalue weighted by molar-refractivity contribution is 0.405. The molecule has 0 atom stereocenters. The number of benzene rings is 1. The Morgan fingerprint density at radius 1 is 1.15 bits per heavy atom. The van der Waals surface area contributed by atoms with Crippen molar-refractivity contribution >= 4 is 0 Å². The third-order valence-corrected chi connectivity index (χ3v) is 2.63. The molecule has 0 amide bonds. The van der Waals surface area contributed by atoms with Gasteiger partial charge < -0.3 is 14.4 Å². The zero-order valence-electron chi connectivity index (χ0n) is 10.5. The Morgan fingerprint density at radius 3 is 2.65 bits per heavy atom. The lowest BCUT2D eigenvalue weighted by atomic mass is 10.2. The van der Waals surface area contributed by atoms with Gasteiger partial charge in [-0.15, -0.1) is 0 Å². The molecule has 0 saturated carbocycles. The van der Waals surface area contributed by atoms with Gasteiger partial charge in [0.25, 0.3) is 5.89 Å². The summed E-state index contributed by atoms with van der Waals surface area (Å²) in [6.45, 7) is 0. The lowest BCUT2D eigenvalue weighted by Crippen LogP contribution is -1.88. The topological polar surface area (TPSA) is 94.2 Å². The normalized spacial score (nSPS) is 10.4. The Labute approximate surface area is 113 Å². The second-order valence-corrected chi connectivity index (χ2v) is 3.88. The van der Waals surface area contributed by atoms with E-state index < -0.39 is 0 Å². The summed E-state index contributed by atoms with van der Waals surface area (Å²) in [6.07, 6.45) is 3.17. The quantitative estimate of drug-likeness (QED) is 0.776. The molecule has 1 aromatic carbocycles. The van der Waals surface area contributed by atoms with E-state index in [0.29, 0.717) is 17.1 Å². The molecule has 1 N–H and O–H groups in total. The van der Waals surface area contributed by atoms with Gasteiger partial charge in [0.15, 0.2) is 0 Å². The highest BCUT2D eigenvalue weighted by atomic mass is 16.5. The fourth-order valence-electron chi connectivity index (χ4n) is 1.66. The Kier molecular flexibility index (Phi) is 3.00. The standard InChI is InChI=1S/C13H10N4O3/c1-19-8-3-4-9(10(18)7-8)13-16-12(17-20-13)11-14-5-2-6-15-11/h2-7,18H,1H3. The van der Waals surface area contributed by atoms with E-state index in [0.717, 1.165) is 0 Å². The maximum absolute atomic E-state index is 9.92. The van der Waals surface area contributed by atoms with Crippen molar-refractivity contribution in [1.29, 1.82) is 0 Å². The summed E-state index contributed by atoms with van der Waals surface area (Å²) in [5.74, 6) is 1.34. The van der Waals surface area contributed by atoms with Crippen molar-refractivity contribution < 1.29 is 14.4 Å². The summed E-state index contributed by atoms with van der Waals surface area (Å²) in [5.41, 5.74) is 0.417. The van der Waals surface area contributed by atoms with Crippen LogP contribution in [-0.4, -0.2) is 32.3 Å². The number of hydrogen-bond donors (Lipinski definition) is 1. The monoisotopic (exact) mass is 270 g/mol. The summed E-state index contributed by atoms with van der Waals surface area (Å²) in [5, 5.41) is 13.7. The minimum atomic E-state index is -0.00599. The highest BCUT2D eigenvalue weighted by molar-refractivity contribution is 5.65. The van der Waals surface area contributed by atoms with Crippen molar-refractivity contribution in [3.8, 4) is 34.6 Å². The number of aromatic nitrogens is 4. The van der Waals surface area contributed by atoms with E-state index >= 15 is 0 Å². The second-order valence-electron chi connectivity index (χ2n) is 3.88. The van der Waals surface area contributed by atoms with Crippen LogP contribution >= 0.6 is 0 Å². The molecule has 3 rings (SSSR count). The number of methoxy groups -OCH3 is 1. The number of ether oxygens (including phenoxy) is 1. The molecule has 100 valence electrons. The molecule has 0 spiro atoms. The summed E-state index contributed by atoms with van der Waals surface area (Å²) < 4.78 is 10.1. The molecular weight excluding hydrogens is 260 g/mol. The number of hydrogen-bond acceptors (Lipinski definition) is 7. The molecule has 3 aromatic rings. The van der Waals surface area contributed by atoms with Gasteiger partial charge in [-0.2, -0.15) is 4.98 Å². The number of rotatable bonds is 3. The molecule has 7 nitrogen and oxygen atoms in total. The van der Waals surface area contributed by atoms with Gasteiger partial charge in [0.1, 0.15) is 11.5 Å². The molecule has 0 radical (unpaired) electrons. The lowest BCUT2D eigenvalue weighted by Gasteiger charge is -2.02. The molecule has 0 bridgehead atoms. The predicted molar refractivity (Wildman–Crippen MR) is 69.0 cm³/mol. The van der Waals surface area contributed by atoms with Crippen LogP contribution in [0.2, 0.25) is 0 Å². The minimum Gasteiger partial charge on any atom is -0.507 e. The number of aromatic hydroxyl groups is 1. The van der Waals surface area contributed by atoms with Crippen molar-refractivity contribution in [3.05, 3.63) is 36.7 Å². The van der Waals surface area contributed by atoms with Crippen LogP contribution in [0.15, 0.2) is 41.2 Å². The maximum Gasteiger partial charge on any atom is 0.262 e. The van der Waals surface area contributed by atoms with Gasteiger partial charge in [-0.25, -0.2) is 9.97 Å². The van der Waals surface area contributed by atoms with E-state index in [4.69, 9.17) is 9.26 Å². The van der Waals surface area contributed by atoms with Crippen LogP contribution in [0.25, 0.3) is 23.1 Å². The van der Waals surface area contributed by atoms with E-state index in [1.165, 1.54) is 13.2 Å². The minimum absolute atomic E-state index is 0.00599. The van der Waals surface area contributed by atoms with Gasteiger partial charge in [-0.1, -0.05) is 5.16 Å². The first kappa shape index (κ1) is 12.1. The molecule has 0 fully saturated rings. The first-order chi connectivity index (χ1) is 9.78. The van der Waals surface area contributed by atoms with Crippen LogP contribution in [0.1, 0.15) is 0 Å². The maximum atomic E-state index is 9.92. The first-order valence-electron chi connectivity index (χ1n) is 5.76. The van der Waals surface area contributed by atoms with Crippen LogP contribution in [0.5, 0.6) is 11.5 Å². The van der Waals surface area contributed by atoms with Crippen molar-refractivity contribution in [3.63, 3.8) is 0 Å². The largest absolute Gasteiger partial charge is 0.507 e. The second kappa shape index (κ2) is 4.96. The smallest absolute Gasteiger partial charge is 0.262 e. The van der Waals surface area contributed by atoms with Crippen molar-refractivity contribution in [2.75, 3.05) is 7.11 Å². The summed E-state index contributed by atoms with van der Waals surface area (Å²) in [7, 11) is 1.52. The van der Waals surface area contributed by atoms with Crippen LogP contribution in [-0.2, 0) is 0 Å². The van der Waals surface area contributed by atoms with Crippen LogP contribution in [0.3, 0.4) is 0 Å². The Morgan fingerprint density at radius 2 is 1.95 bits per heavy atom. The predicted octanol–water partition coefficient (Wildman–Crippen LogP) is 1.91. The highest BCUT2D eigenvalue weighted by Crippen LogP contribution is 2.31. The number of nitrogens with zero attached hydrogens (tertiary/aromatic N) is 4. The molecule has 2 heterocycles. The van der Waals surface area contributed by atoms with Gasteiger partial charge >= 0.3 is 0 Å². The molecule has 0 aliphatic carbocycles. The Balaban J connectivity index is 1.98. The average molecular weight is 270 g/mol. The first-order valence-corrected chi connectivity index (χ1v) is 5.76. The van der Waals surface area contributed by atoms with Gasteiger partial charge in [0.05, 0.1) is 12.7 Å². The molecular formula is C13H10N4O3. The van der Waals surface area contributed by atoms with E-state index in [-0.39, 0.29) is 17.5 Å². The zero-order valence-corrected chi connectivity index (χ0v) is 10.5. The molecule has 20 heavy (non-hydrogen) atoms. The van der Waals surface area contributed by atoms with E-state index in [9.17, 15) is 5.11 Å². The fraction of sp³-hybridized carbons (Fsp3) is 0.0769. The summed E-state index contributed by atoms with van der Waals surface area (Å²) >= 11 is 0. The molecule has 0 saturated heterocycles. The van der Waals surface area contributed by atoms with Crippen molar-refractivity contribution in [2.24, 2.45) is 0 Å². The van der Waals surface area contributed by atoms with Crippen molar-refractivity contribution in [2.45, 2.75) is 0 Å². The van der Waals surface area contributed by atoms with E-state index in [1.807, 2.05) is 0 Å². The molecule has 0 unspecified atom stereocenters. The SMILES string of the molecule is COc1ccc(-c2nc(-c3ncccn3)no2)c(O)c1. The number of phenols is 1. The van der Waals surface area contributed by atoms with Gasteiger partial charge in [0, 0.05) is 18.5 Å². The van der Waals surface area contributed by atoms with Gasteiger partial charge in [-0.3, -0.25) is 0 Å². The molecule has 0 aliphatic heterocycles. The summed E-state index contributed by atoms with van der Waals surface area (Å²) in [6, 6.07) is 6.49. The van der Waals surface area contributed by atoms with E-state index in [2.05, 4.69) is 20.1 Å². The molecule has 2 aromatic heterocycles. The molecule has 7 heteroatoms. The Hall–Kier alpha value is -2.96. The van der Waals surface area contributed by atoms with Gasteiger partial charge in [-0.05, 0) is 18.2 Å². The fourth-order valence-corrected chi connectivity index (χ4v) is 1.66. The van der Waals surface area contributed by atoms with Crippen molar-refractivity contribution in [1.82, 2.24) is 20.1 Å². The third-order valence-electron chi connectivity index (χ3n) is 2.63. The average Bonchev–Trinajstić information content (AvgIpc) is 2.97. The van der Waals surface area contributed by atoms with Gasteiger partial charge in [0.2, 0.25) is 11.6 Å². The van der Waals surface area contributed by atoms with Crippen LogP contribution in [0.4, 0.5) is 0 Å². The van der Waals surface area contributed by atoms with E-state index in [1.54, 1.807) is 30.6 Å². The highest BCUT2D eigenvalue weighted by Gasteiger charge is 2.15. The third kappa shape index (κ3) is 2.16.